The van der Waals surface area contributed by atoms with E-state index in [9.17, 15) is 9.18 Å². The van der Waals surface area contributed by atoms with Gasteiger partial charge < -0.3 is 5.11 Å². The third-order valence-corrected chi connectivity index (χ3v) is 2.08. The second-order valence-corrected chi connectivity index (χ2v) is 3.11. The number of halogens is 1. The van der Waals surface area contributed by atoms with Gasteiger partial charge in [0.15, 0.2) is 0 Å². The van der Waals surface area contributed by atoms with Gasteiger partial charge in [0.1, 0.15) is 5.82 Å². The van der Waals surface area contributed by atoms with E-state index < -0.39 is 5.97 Å². The Hall–Kier alpha value is -1.64. The molecule has 0 heterocycles. The molecule has 0 saturated carbocycles. The predicted molar refractivity (Wildman–Crippen MR) is 52.5 cm³/mol. The zero-order valence-electron chi connectivity index (χ0n) is 8.04. The Balaban J connectivity index is 3.14. The highest BCUT2D eigenvalue weighted by Crippen LogP contribution is 2.16. The lowest BCUT2D eigenvalue weighted by Gasteiger charge is -2.04. The van der Waals surface area contributed by atoms with Crippen LogP contribution in [-0.4, -0.2) is 11.1 Å². The average Bonchev–Trinajstić information content (AvgIpc) is 2.08. The molecule has 0 aliphatic carbocycles. The maximum absolute atomic E-state index is 13.0. The molecule has 0 radical (unpaired) electrons. The van der Waals surface area contributed by atoms with Crippen LogP contribution in [0.25, 0.3) is 6.08 Å². The van der Waals surface area contributed by atoms with E-state index in [0.717, 1.165) is 17.2 Å². The second kappa shape index (κ2) is 4.05. The molecule has 0 aromatic heterocycles. The normalized spacial score (nSPS) is 10.8. The molecule has 1 aromatic carbocycles. The van der Waals surface area contributed by atoms with Gasteiger partial charge in [0.25, 0.3) is 0 Å². The minimum atomic E-state index is -1.04. The molecule has 14 heavy (non-hydrogen) atoms. The highest BCUT2D eigenvalue weighted by molar-refractivity contribution is 5.85. The van der Waals surface area contributed by atoms with Gasteiger partial charge in [0, 0.05) is 6.08 Å². The number of carboxylic acid groups (broad SMARTS) is 1. The van der Waals surface area contributed by atoms with Crippen LogP contribution in [-0.2, 0) is 4.79 Å². The summed E-state index contributed by atoms with van der Waals surface area (Å²) in [5, 5.41) is 8.42. The van der Waals surface area contributed by atoms with Gasteiger partial charge in [0.2, 0.25) is 0 Å². The highest BCUT2D eigenvalue weighted by atomic mass is 19.1. The van der Waals surface area contributed by atoms with Crippen LogP contribution in [0.2, 0.25) is 0 Å². The molecule has 0 amide bonds. The number of carboxylic acids is 1. The summed E-state index contributed by atoms with van der Waals surface area (Å²) in [6.07, 6.45) is 2.40. The summed E-state index contributed by atoms with van der Waals surface area (Å²) in [4.78, 5) is 10.3. The van der Waals surface area contributed by atoms with E-state index in [-0.39, 0.29) is 5.82 Å². The maximum atomic E-state index is 13.0. The van der Waals surface area contributed by atoms with E-state index in [2.05, 4.69) is 0 Å². The van der Waals surface area contributed by atoms with Gasteiger partial charge in [-0.25, -0.2) is 9.18 Å². The molecule has 0 unspecified atom stereocenters. The second-order valence-electron chi connectivity index (χ2n) is 3.11. The van der Waals surface area contributed by atoms with Crippen molar-refractivity contribution in [1.82, 2.24) is 0 Å². The first-order valence-electron chi connectivity index (χ1n) is 4.18. The molecule has 0 saturated heterocycles. The minimum absolute atomic E-state index is 0.349. The van der Waals surface area contributed by atoms with Crippen LogP contribution in [0, 0.1) is 19.7 Å². The average molecular weight is 194 g/mol. The lowest BCUT2D eigenvalue weighted by Crippen LogP contribution is -1.91. The Morgan fingerprint density at radius 2 is 2.07 bits per heavy atom. The van der Waals surface area contributed by atoms with Crippen molar-refractivity contribution in [2.24, 2.45) is 0 Å². The van der Waals surface area contributed by atoms with Gasteiger partial charge in [-0.15, -0.1) is 0 Å². The molecule has 0 fully saturated rings. The van der Waals surface area contributed by atoms with Gasteiger partial charge in [-0.1, -0.05) is 0 Å². The molecule has 0 aliphatic rings. The van der Waals surface area contributed by atoms with Crippen molar-refractivity contribution in [3.8, 4) is 0 Å². The van der Waals surface area contributed by atoms with E-state index in [4.69, 9.17) is 5.11 Å². The quantitative estimate of drug-likeness (QED) is 0.734. The van der Waals surface area contributed by atoms with Crippen LogP contribution in [0.4, 0.5) is 4.39 Å². The summed E-state index contributed by atoms with van der Waals surface area (Å²) in [6.45, 7) is 3.62. The molecule has 1 rings (SSSR count). The van der Waals surface area contributed by atoms with Crippen molar-refractivity contribution >= 4 is 12.0 Å². The van der Waals surface area contributed by atoms with Crippen LogP contribution < -0.4 is 0 Å². The molecular weight excluding hydrogens is 183 g/mol. The van der Waals surface area contributed by atoms with Gasteiger partial charge >= 0.3 is 5.97 Å². The zero-order valence-corrected chi connectivity index (χ0v) is 8.04. The summed E-state index contributed by atoms with van der Waals surface area (Å²) in [7, 11) is 0. The number of hydrogen-bond donors (Lipinski definition) is 1. The van der Waals surface area contributed by atoms with Gasteiger partial charge in [-0.05, 0) is 48.7 Å². The van der Waals surface area contributed by atoms with Crippen LogP contribution in [0.1, 0.15) is 16.7 Å². The van der Waals surface area contributed by atoms with E-state index in [1.54, 1.807) is 6.92 Å². The van der Waals surface area contributed by atoms with Crippen molar-refractivity contribution in [2.75, 3.05) is 0 Å². The molecule has 2 nitrogen and oxygen atoms in total. The fraction of sp³-hybridized carbons (Fsp3) is 0.182. The Labute approximate surface area is 81.7 Å². The van der Waals surface area contributed by atoms with Crippen LogP contribution in [0.15, 0.2) is 18.2 Å². The zero-order chi connectivity index (χ0) is 10.7. The smallest absolute Gasteiger partial charge is 0.328 e. The first-order chi connectivity index (χ1) is 6.50. The Bertz CT molecular complexity index is 395. The third-order valence-electron chi connectivity index (χ3n) is 2.08. The highest BCUT2D eigenvalue weighted by Gasteiger charge is 2.01. The fourth-order valence-electron chi connectivity index (χ4n) is 1.18. The number of benzene rings is 1. The Kier molecular flexibility index (Phi) is 3.02. The summed E-state index contributed by atoms with van der Waals surface area (Å²) in [5.74, 6) is -1.38. The van der Waals surface area contributed by atoms with Crippen LogP contribution in [0.3, 0.4) is 0 Å². The number of aliphatic carboxylic acids is 1. The first kappa shape index (κ1) is 10.4. The van der Waals surface area contributed by atoms with Gasteiger partial charge in [0.05, 0.1) is 0 Å². The molecule has 74 valence electrons. The maximum Gasteiger partial charge on any atom is 0.328 e. The van der Waals surface area contributed by atoms with Crippen molar-refractivity contribution in [2.45, 2.75) is 13.8 Å². The molecule has 0 bridgehead atoms. The van der Waals surface area contributed by atoms with E-state index in [1.807, 2.05) is 6.92 Å². The van der Waals surface area contributed by atoms with E-state index in [0.29, 0.717) is 5.56 Å². The molecule has 1 aromatic rings. The fourth-order valence-corrected chi connectivity index (χ4v) is 1.18. The molecule has 0 atom stereocenters. The summed E-state index contributed by atoms with van der Waals surface area (Å²) in [6, 6.07) is 2.75. The molecular formula is C11H11FO2. The predicted octanol–water partition coefficient (Wildman–Crippen LogP) is 2.54. The van der Waals surface area contributed by atoms with Crippen LogP contribution >= 0.6 is 0 Å². The number of carbonyl (C=O) groups is 1. The summed E-state index contributed by atoms with van der Waals surface area (Å²) < 4.78 is 13.0. The Morgan fingerprint density at radius 3 is 2.64 bits per heavy atom. The lowest BCUT2D eigenvalue weighted by atomic mass is 10.0. The van der Waals surface area contributed by atoms with Crippen LogP contribution in [0.5, 0.6) is 0 Å². The molecule has 0 spiro atoms. The summed E-state index contributed by atoms with van der Waals surface area (Å²) in [5.41, 5.74) is 2.31. The number of rotatable bonds is 2. The van der Waals surface area contributed by atoms with E-state index in [1.165, 1.54) is 18.2 Å². The standard InChI is InChI=1S/C11H11FO2/c1-7-5-10(12)6-9(8(7)2)3-4-11(13)14/h3-6H,1-2H3,(H,13,14)/b4-3+. The largest absolute Gasteiger partial charge is 0.478 e. The first-order valence-corrected chi connectivity index (χ1v) is 4.18. The topological polar surface area (TPSA) is 37.3 Å². The van der Waals surface area contributed by atoms with E-state index >= 15 is 0 Å². The van der Waals surface area contributed by atoms with Crippen molar-refractivity contribution in [3.63, 3.8) is 0 Å². The summed E-state index contributed by atoms with van der Waals surface area (Å²) >= 11 is 0. The number of aryl methyl sites for hydroxylation is 1. The third kappa shape index (κ3) is 2.42. The van der Waals surface area contributed by atoms with Crippen molar-refractivity contribution in [1.29, 1.82) is 0 Å². The molecule has 1 N–H and O–H groups in total. The minimum Gasteiger partial charge on any atom is -0.478 e. The number of hydrogen-bond acceptors (Lipinski definition) is 1. The molecule has 0 aliphatic heterocycles. The van der Waals surface area contributed by atoms with Crippen molar-refractivity contribution in [3.05, 3.63) is 40.7 Å². The molecule has 3 heteroatoms. The van der Waals surface area contributed by atoms with Crippen molar-refractivity contribution < 1.29 is 14.3 Å². The SMILES string of the molecule is Cc1cc(F)cc(/C=C/C(=O)O)c1C. The Morgan fingerprint density at radius 1 is 1.43 bits per heavy atom. The lowest BCUT2D eigenvalue weighted by molar-refractivity contribution is -0.131. The van der Waals surface area contributed by atoms with Gasteiger partial charge in [-0.3, -0.25) is 0 Å². The van der Waals surface area contributed by atoms with Gasteiger partial charge in [-0.2, -0.15) is 0 Å². The monoisotopic (exact) mass is 194 g/mol.